The second kappa shape index (κ2) is 28.1. The van der Waals surface area contributed by atoms with E-state index in [2.05, 4.69) is 20.8 Å². The highest BCUT2D eigenvalue weighted by molar-refractivity contribution is 6.24. The van der Waals surface area contributed by atoms with Gasteiger partial charge in [-0.25, -0.2) is 0 Å². The molecule has 0 saturated heterocycles. The number of Topliss-reactive ketones (excluding diaryl/α,β-unsaturated/α-hetero) is 3. The summed E-state index contributed by atoms with van der Waals surface area (Å²) in [6.07, 6.45) is 27.7. The zero-order valence-electron chi connectivity index (χ0n) is 27.3. The first kappa shape index (κ1) is 39.0. The van der Waals surface area contributed by atoms with Crippen molar-refractivity contribution in [1.29, 1.82) is 0 Å². The summed E-state index contributed by atoms with van der Waals surface area (Å²) in [7, 11) is 0. The van der Waals surface area contributed by atoms with Crippen LogP contribution in [0.4, 0.5) is 0 Å². The molecule has 0 bridgehead atoms. The molecule has 0 saturated carbocycles. The van der Waals surface area contributed by atoms with Crippen molar-refractivity contribution in [2.45, 2.75) is 201 Å². The third-order valence-corrected chi connectivity index (χ3v) is 8.71. The lowest BCUT2D eigenvalue weighted by Gasteiger charge is -2.30. The van der Waals surface area contributed by atoms with Gasteiger partial charge in [0.05, 0.1) is 0 Å². The molecule has 0 aliphatic heterocycles. The highest BCUT2D eigenvalue weighted by Gasteiger charge is 2.49. The first-order valence-electron chi connectivity index (χ1n) is 17.8. The van der Waals surface area contributed by atoms with Gasteiger partial charge in [-0.05, 0) is 38.6 Å². The largest absolute Gasteiger partial charge is 0.330 e. The molecule has 0 atom stereocenters. The molecular weight excluding hydrogens is 494 g/mol. The van der Waals surface area contributed by atoms with Gasteiger partial charge in [-0.1, -0.05) is 149 Å². The first-order valence-corrected chi connectivity index (χ1v) is 17.8. The molecule has 0 fully saturated rings. The lowest BCUT2D eigenvalue weighted by atomic mass is 9.68. The fourth-order valence-electron chi connectivity index (χ4n) is 5.96. The molecule has 0 aromatic rings. The van der Waals surface area contributed by atoms with E-state index in [0.29, 0.717) is 25.7 Å². The van der Waals surface area contributed by atoms with Crippen LogP contribution in [0, 0.1) is 5.41 Å². The molecule has 0 rings (SSSR count). The number of hydrogen-bond donors (Lipinski definition) is 1. The second-order valence-corrected chi connectivity index (χ2v) is 12.4. The van der Waals surface area contributed by atoms with Gasteiger partial charge in [0.25, 0.3) is 0 Å². The Morgan fingerprint density at radius 2 is 0.675 bits per heavy atom. The van der Waals surface area contributed by atoms with Gasteiger partial charge in [0.1, 0.15) is 5.41 Å². The van der Waals surface area contributed by atoms with Crippen molar-refractivity contribution in [2.75, 3.05) is 6.54 Å². The van der Waals surface area contributed by atoms with E-state index in [4.69, 9.17) is 5.73 Å². The second-order valence-electron chi connectivity index (χ2n) is 12.4. The topological polar surface area (TPSA) is 77.2 Å². The first-order chi connectivity index (χ1) is 19.5. The normalized spacial score (nSPS) is 11.7. The molecular formula is C36H69NO3. The fourth-order valence-corrected chi connectivity index (χ4v) is 5.96. The van der Waals surface area contributed by atoms with Crippen molar-refractivity contribution in [1.82, 2.24) is 0 Å². The molecule has 0 amide bonds. The third kappa shape index (κ3) is 18.4. The summed E-state index contributed by atoms with van der Waals surface area (Å²) in [6, 6.07) is 0. The van der Waals surface area contributed by atoms with E-state index in [0.717, 1.165) is 90.0 Å². The summed E-state index contributed by atoms with van der Waals surface area (Å²) in [5, 5.41) is 0. The van der Waals surface area contributed by atoms with E-state index in [-0.39, 0.29) is 17.3 Å². The van der Waals surface area contributed by atoms with Crippen LogP contribution in [0.3, 0.4) is 0 Å². The molecule has 0 aliphatic carbocycles. The van der Waals surface area contributed by atoms with Crippen LogP contribution in [0.2, 0.25) is 0 Å². The van der Waals surface area contributed by atoms with Gasteiger partial charge in [-0.3, -0.25) is 14.4 Å². The van der Waals surface area contributed by atoms with Crippen LogP contribution >= 0.6 is 0 Å². The summed E-state index contributed by atoms with van der Waals surface area (Å²) in [5.41, 5.74) is 4.22. The predicted molar refractivity (Wildman–Crippen MR) is 173 cm³/mol. The maximum atomic E-state index is 13.9. The molecule has 0 heterocycles. The number of hydrogen-bond acceptors (Lipinski definition) is 4. The fraction of sp³-hybridized carbons (Fsp3) is 0.917. The van der Waals surface area contributed by atoms with Gasteiger partial charge in [0.15, 0.2) is 17.3 Å². The number of nitrogens with two attached hydrogens (primary N) is 1. The van der Waals surface area contributed by atoms with Gasteiger partial charge in [0, 0.05) is 19.3 Å². The van der Waals surface area contributed by atoms with E-state index in [1.165, 1.54) is 70.6 Å². The van der Waals surface area contributed by atoms with Gasteiger partial charge < -0.3 is 5.73 Å². The standard InChI is InChI=1S/C36H69NO3/c1-4-7-10-18-23-28-33(38)36(34(39)29-24-19-11-8-5-2,35(40)30-25-20-12-9-6-3)31-26-21-16-14-13-15-17-22-27-32-37/h4-32,37H2,1-3H3. The number of carbonyl (C=O) groups excluding carboxylic acids is 3. The summed E-state index contributed by atoms with van der Waals surface area (Å²) < 4.78 is 0. The van der Waals surface area contributed by atoms with Crippen molar-refractivity contribution in [3.05, 3.63) is 0 Å². The van der Waals surface area contributed by atoms with E-state index in [9.17, 15) is 14.4 Å². The molecule has 2 N–H and O–H groups in total. The Kier molecular flexibility index (Phi) is 27.4. The summed E-state index contributed by atoms with van der Waals surface area (Å²) >= 11 is 0. The van der Waals surface area contributed by atoms with Crippen LogP contribution in [-0.4, -0.2) is 23.9 Å². The molecule has 4 nitrogen and oxygen atoms in total. The highest BCUT2D eigenvalue weighted by atomic mass is 16.2. The minimum absolute atomic E-state index is 0.0546. The SMILES string of the molecule is CCCCCCCC(=O)C(CCCCCCCCCCCN)(C(=O)CCCCCCC)C(=O)CCCCCCC. The van der Waals surface area contributed by atoms with Crippen LogP contribution in [0.25, 0.3) is 0 Å². The van der Waals surface area contributed by atoms with Crippen molar-refractivity contribution in [2.24, 2.45) is 11.1 Å². The van der Waals surface area contributed by atoms with E-state index >= 15 is 0 Å². The monoisotopic (exact) mass is 564 g/mol. The van der Waals surface area contributed by atoms with Crippen LogP contribution in [-0.2, 0) is 14.4 Å². The minimum atomic E-state index is -1.37. The highest BCUT2D eigenvalue weighted by Crippen LogP contribution is 2.35. The zero-order chi connectivity index (χ0) is 29.7. The lowest BCUT2D eigenvalue weighted by molar-refractivity contribution is -0.150. The Morgan fingerprint density at radius 1 is 0.400 bits per heavy atom. The maximum Gasteiger partial charge on any atom is 0.153 e. The number of ketones is 3. The molecule has 0 spiro atoms. The summed E-state index contributed by atoms with van der Waals surface area (Å²) in [5.74, 6) is -0.164. The van der Waals surface area contributed by atoms with Crippen molar-refractivity contribution < 1.29 is 14.4 Å². The maximum absolute atomic E-state index is 13.9. The van der Waals surface area contributed by atoms with Crippen LogP contribution < -0.4 is 5.73 Å². The summed E-state index contributed by atoms with van der Waals surface area (Å²) in [4.78, 5) is 41.7. The van der Waals surface area contributed by atoms with Crippen molar-refractivity contribution in [3.63, 3.8) is 0 Å². The smallest absolute Gasteiger partial charge is 0.153 e. The van der Waals surface area contributed by atoms with E-state index in [1.807, 2.05) is 0 Å². The third-order valence-electron chi connectivity index (χ3n) is 8.71. The molecule has 0 aliphatic rings. The Labute approximate surface area is 249 Å². The van der Waals surface area contributed by atoms with Gasteiger partial charge in [0.2, 0.25) is 0 Å². The molecule has 40 heavy (non-hydrogen) atoms. The van der Waals surface area contributed by atoms with E-state index in [1.54, 1.807) is 0 Å². The minimum Gasteiger partial charge on any atom is -0.330 e. The quantitative estimate of drug-likeness (QED) is 0.0652. The average Bonchev–Trinajstić information content (AvgIpc) is 2.95. The van der Waals surface area contributed by atoms with Gasteiger partial charge >= 0.3 is 0 Å². The van der Waals surface area contributed by atoms with E-state index < -0.39 is 5.41 Å². The Balaban J connectivity index is 5.36. The Bertz CT molecular complexity index is 551. The molecule has 0 radical (unpaired) electrons. The molecule has 4 heteroatoms. The van der Waals surface area contributed by atoms with Gasteiger partial charge in [-0.15, -0.1) is 0 Å². The van der Waals surface area contributed by atoms with Crippen molar-refractivity contribution >= 4 is 17.3 Å². The molecule has 236 valence electrons. The number of unbranched alkanes of at least 4 members (excludes halogenated alkanes) is 20. The number of carbonyl (C=O) groups is 3. The van der Waals surface area contributed by atoms with Crippen molar-refractivity contribution in [3.8, 4) is 0 Å². The number of rotatable bonds is 32. The summed E-state index contributed by atoms with van der Waals surface area (Å²) in [6.45, 7) is 7.36. The molecule has 0 aromatic heterocycles. The van der Waals surface area contributed by atoms with Gasteiger partial charge in [-0.2, -0.15) is 0 Å². The molecule has 0 unspecified atom stereocenters. The Hall–Kier alpha value is -1.03. The van der Waals surface area contributed by atoms with Crippen LogP contribution in [0.15, 0.2) is 0 Å². The average molecular weight is 564 g/mol. The van der Waals surface area contributed by atoms with Crippen LogP contribution in [0.1, 0.15) is 201 Å². The van der Waals surface area contributed by atoms with Crippen LogP contribution in [0.5, 0.6) is 0 Å². The Morgan fingerprint density at radius 3 is 1.00 bits per heavy atom. The lowest BCUT2D eigenvalue weighted by Crippen LogP contribution is -2.46. The zero-order valence-corrected chi connectivity index (χ0v) is 27.3. The molecule has 0 aromatic carbocycles. The predicted octanol–water partition coefficient (Wildman–Crippen LogP) is 10.6.